The zero-order valence-electron chi connectivity index (χ0n) is 25.0. The van der Waals surface area contributed by atoms with Crippen LogP contribution >= 0.6 is 0 Å². The zero-order valence-corrected chi connectivity index (χ0v) is 25.0. The van der Waals surface area contributed by atoms with Gasteiger partial charge in [-0.15, -0.1) is 0 Å². The van der Waals surface area contributed by atoms with E-state index in [-0.39, 0.29) is 13.2 Å². The minimum absolute atomic E-state index is 0.0599. The predicted octanol–water partition coefficient (Wildman–Crippen LogP) is 4.53. The third-order valence-electron chi connectivity index (χ3n) is 8.12. The number of nitrogens with zero attached hydrogens (tertiary/aromatic N) is 4. The molecular weight excluding hydrogens is 578 g/mol. The molecule has 0 spiro atoms. The van der Waals surface area contributed by atoms with Crippen molar-refractivity contribution in [3.63, 3.8) is 0 Å². The number of nitrogens with one attached hydrogen (secondary N) is 1. The van der Waals surface area contributed by atoms with Gasteiger partial charge >= 0.3 is 5.69 Å². The molecule has 12 nitrogen and oxygen atoms in total. The number of ether oxygens (including phenoxy) is 4. The lowest BCUT2D eigenvalue weighted by Crippen LogP contribution is -2.38. The molecule has 0 radical (unpaired) electrons. The number of aliphatic hydroxyl groups excluding tert-OH is 1. The fraction of sp³-hybridized carbons (Fsp3) is 0.333. The first kappa shape index (κ1) is 31.6. The van der Waals surface area contributed by atoms with Gasteiger partial charge in [0.1, 0.15) is 29.4 Å². The minimum atomic E-state index is -1.15. The number of methoxy groups -OCH3 is 2. The monoisotopic (exact) mass is 613 g/mol. The second-order valence-electron chi connectivity index (χ2n) is 10.6. The Labute approximate surface area is 259 Å². The Hall–Kier alpha value is -4.87. The molecule has 1 unspecified atom stereocenters. The first-order valence-electron chi connectivity index (χ1n) is 14.6. The van der Waals surface area contributed by atoms with Gasteiger partial charge in [0, 0.05) is 29.6 Å². The van der Waals surface area contributed by atoms with Crippen LogP contribution in [0.4, 0.5) is 0 Å². The molecule has 0 amide bonds. The summed E-state index contributed by atoms with van der Waals surface area (Å²) < 4.78 is 25.4. The smallest absolute Gasteiger partial charge is 0.330 e. The zero-order chi connectivity index (χ0) is 31.8. The molecule has 0 bridgehead atoms. The van der Waals surface area contributed by atoms with Gasteiger partial charge in [0.25, 0.3) is 5.56 Å². The highest BCUT2D eigenvalue weighted by molar-refractivity contribution is 5.49. The number of rotatable bonds is 13. The molecular formula is C33H35N5O7. The van der Waals surface area contributed by atoms with Crippen LogP contribution in [0.2, 0.25) is 0 Å². The van der Waals surface area contributed by atoms with Gasteiger partial charge in [-0.05, 0) is 59.3 Å². The summed E-state index contributed by atoms with van der Waals surface area (Å²) in [5.74, 6) is 0.815. The summed E-state index contributed by atoms with van der Waals surface area (Å²) >= 11 is 0. The van der Waals surface area contributed by atoms with E-state index in [2.05, 4.69) is 15.0 Å². The van der Waals surface area contributed by atoms with E-state index in [1.165, 1.54) is 16.8 Å². The highest BCUT2D eigenvalue weighted by Crippen LogP contribution is 2.44. The molecule has 12 heteroatoms. The Morgan fingerprint density at radius 2 is 1.53 bits per heavy atom. The van der Waals surface area contributed by atoms with Crippen LogP contribution in [0.3, 0.4) is 0 Å². The van der Waals surface area contributed by atoms with Crippen molar-refractivity contribution < 1.29 is 24.1 Å². The molecule has 2 N–H and O–H groups in total. The third-order valence-corrected chi connectivity index (χ3v) is 8.12. The van der Waals surface area contributed by atoms with E-state index in [0.29, 0.717) is 24.3 Å². The van der Waals surface area contributed by atoms with Gasteiger partial charge in [-0.3, -0.25) is 14.3 Å². The molecule has 3 aromatic carbocycles. The first-order chi connectivity index (χ1) is 21.9. The predicted molar refractivity (Wildman–Crippen MR) is 166 cm³/mol. The van der Waals surface area contributed by atoms with Crippen LogP contribution in [-0.2, 0) is 15.1 Å². The van der Waals surface area contributed by atoms with Crippen molar-refractivity contribution >= 4 is 0 Å². The summed E-state index contributed by atoms with van der Waals surface area (Å²) in [5, 5.41) is 15.2. The normalized spacial score (nSPS) is 19.5. The summed E-state index contributed by atoms with van der Waals surface area (Å²) in [7, 11) is 3.21. The summed E-state index contributed by atoms with van der Waals surface area (Å²) in [6.07, 6.45) is -0.572. The van der Waals surface area contributed by atoms with Crippen LogP contribution in [-0.4, -0.2) is 54.2 Å². The second-order valence-corrected chi connectivity index (χ2v) is 10.6. The van der Waals surface area contributed by atoms with Crippen LogP contribution in [0, 0.1) is 5.92 Å². The summed E-state index contributed by atoms with van der Waals surface area (Å²) in [4.78, 5) is 29.6. The Balaban J connectivity index is 1.55. The average Bonchev–Trinajstić information content (AvgIpc) is 3.38. The van der Waals surface area contributed by atoms with Crippen molar-refractivity contribution in [2.75, 3.05) is 27.4 Å². The van der Waals surface area contributed by atoms with Gasteiger partial charge in [0.15, 0.2) is 0 Å². The molecule has 4 aromatic rings. The molecule has 45 heavy (non-hydrogen) atoms. The van der Waals surface area contributed by atoms with E-state index in [1.807, 2.05) is 78.9 Å². The molecule has 1 saturated heterocycles. The fourth-order valence-corrected chi connectivity index (χ4v) is 5.88. The lowest BCUT2D eigenvalue weighted by Gasteiger charge is -2.37. The number of azide groups is 1. The molecule has 1 aliphatic rings. The molecule has 0 saturated carbocycles. The van der Waals surface area contributed by atoms with E-state index in [4.69, 9.17) is 24.5 Å². The molecule has 1 aliphatic heterocycles. The molecule has 4 atom stereocenters. The van der Waals surface area contributed by atoms with Crippen LogP contribution in [0.25, 0.3) is 10.4 Å². The number of hydrogen-bond acceptors (Lipinski definition) is 8. The SMILES string of the molecule is COc1ccc(C(OCC2O[C@@H](n3ccc(=O)[nH]c3=O)[C@H](CCCN=[N+]=[N-])[C@@H]2O)(c2ccccc2)c2ccc(OC)cc2)cc1. The number of benzene rings is 3. The minimum Gasteiger partial charge on any atom is -0.497 e. The van der Waals surface area contributed by atoms with Crippen LogP contribution < -0.4 is 20.7 Å². The van der Waals surface area contributed by atoms with Crippen molar-refractivity contribution in [1.29, 1.82) is 0 Å². The van der Waals surface area contributed by atoms with Crippen LogP contribution in [0.1, 0.15) is 35.8 Å². The fourth-order valence-electron chi connectivity index (χ4n) is 5.88. The molecule has 1 fully saturated rings. The van der Waals surface area contributed by atoms with Crippen molar-refractivity contribution in [2.45, 2.75) is 36.9 Å². The number of hydrogen-bond donors (Lipinski definition) is 2. The van der Waals surface area contributed by atoms with E-state index in [0.717, 1.165) is 16.7 Å². The van der Waals surface area contributed by atoms with Crippen molar-refractivity contribution in [2.24, 2.45) is 11.0 Å². The Morgan fingerprint density at radius 1 is 0.933 bits per heavy atom. The third kappa shape index (κ3) is 6.64. The summed E-state index contributed by atoms with van der Waals surface area (Å²) in [6.45, 7) is 0.162. The van der Waals surface area contributed by atoms with Gasteiger partial charge in [-0.2, -0.15) is 0 Å². The second kappa shape index (κ2) is 14.3. The number of aromatic amines is 1. The number of aliphatic hydroxyl groups is 1. The first-order valence-corrected chi connectivity index (χ1v) is 14.6. The van der Waals surface area contributed by atoms with E-state index in [1.54, 1.807) is 14.2 Å². The largest absolute Gasteiger partial charge is 0.497 e. The van der Waals surface area contributed by atoms with Crippen molar-refractivity contribution in [3.05, 3.63) is 139 Å². The quantitative estimate of drug-likeness (QED) is 0.0736. The average molecular weight is 614 g/mol. The lowest BCUT2D eigenvalue weighted by atomic mass is 9.80. The molecule has 5 rings (SSSR count). The Morgan fingerprint density at radius 3 is 2.09 bits per heavy atom. The van der Waals surface area contributed by atoms with E-state index < -0.39 is 41.2 Å². The van der Waals surface area contributed by atoms with Crippen molar-refractivity contribution in [3.8, 4) is 11.5 Å². The molecule has 1 aromatic heterocycles. The summed E-state index contributed by atoms with van der Waals surface area (Å²) in [6, 6.07) is 26.1. The maximum Gasteiger partial charge on any atom is 0.330 e. The highest BCUT2D eigenvalue weighted by atomic mass is 16.6. The lowest BCUT2D eigenvalue weighted by molar-refractivity contribution is -0.0949. The van der Waals surface area contributed by atoms with Crippen LogP contribution in [0.15, 0.2) is 106 Å². The molecule has 0 aliphatic carbocycles. The van der Waals surface area contributed by atoms with Crippen LogP contribution in [0.5, 0.6) is 11.5 Å². The van der Waals surface area contributed by atoms with E-state index >= 15 is 0 Å². The van der Waals surface area contributed by atoms with Crippen molar-refractivity contribution in [1.82, 2.24) is 9.55 Å². The van der Waals surface area contributed by atoms with Gasteiger partial charge in [-0.1, -0.05) is 59.7 Å². The van der Waals surface area contributed by atoms with Gasteiger partial charge < -0.3 is 24.1 Å². The number of H-pyrrole nitrogens is 1. The standard InChI is InChI=1S/C33H35N5O7/c1-42-25-14-10-23(11-15-25)33(22-7-4-3-5-8-22,24-12-16-26(43-2)17-13-24)44-21-28-30(40)27(9-6-19-35-37-34)31(45-28)38-20-18-29(39)36-32(38)41/h3-5,7-8,10-18,20,27-28,30-31,40H,6,9,19,21H2,1-2H3,(H,36,39,41)/t27-,28?,30+,31-/m1/s1. The van der Waals surface area contributed by atoms with Gasteiger partial charge in [0.05, 0.1) is 26.9 Å². The molecule has 234 valence electrons. The highest BCUT2D eigenvalue weighted by Gasteiger charge is 2.47. The topological polar surface area (TPSA) is 161 Å². The summed E-state index contributed by atoms with van der Waals surface area (Å²) in [5.41, 5.74) is 8.83. The number of aromatic nitrogens is 2. The van der Waals surface area contributed by atoms with Gasteiger partial charge in [-0.25, -0.2) is 4.79 Å². The Bertz CT molecular complexity index is 1670. The van der Waals surface area contributed by atoms with Gasteiger partial charge in [0.2, 0.25) is 0 Å². The van der Waals surface area contributed by atoms with E-state index in [9.17, 15) is 14.7 Å². The maximum absolute atomic E-state index is 12.8. The maximum atomic E-state index is 12.8. The molecule has 2 heterocycles. The Kier molecular flexibility index (Phi) is 10.0.